The smallest absolute Gasteiger partial charge is 0.435 e. The Bertz CT molecular complexity index is 1710. The van der Waals surface area contributed by atoms with Crippen molar-refractivity contribution < 1.29 is 27.5 Å². The van der Waals surface area contributed by atoms with E-state index in [-0.39, 0.29) is 36.5 Å². The molecule has 4 aliphatic carbocycles. The second-order valence-corrected chi connectivity index (χ2v) is 17.1. The summed E-state index contributed by atoms with van der Waals surface area (Å²) in [7, 11) is -3.64. The summed E-state index contributed by atoms with van der Waals surface area (Å²) in [6.07, 6.45) is 11.5. The molecule has 0 atom stereocenters. The minimum atomic E-state index is -3.64. The minimum Gasteiger partial charge on any atom is -0.447 e. The molecule has 4 aliphatic rings. The fourth-order valence-corrected chi connectivity index (χ4v) is 8.33. The number of carbonyl (C=O) groups is 2. The SMILES string of the molecule is CC(C)OC(=O)N[C@H]1CC[C@H](c2ncc(C3=CC=C(Nc4cc(C5CC5)n(C(=O)OC(C)(C)C)n4)CC3=NS(=O)(=O)C3CC3)s2)CC1. The highest BCUT2D eigenvalue weighted by Gasteiger charge is 2.37. The lowest BCUT2D eigenvalue weighted by molar-refractivity contribution is 0.0509. The maximum absolute atomic E-state index is 13.1. The van der Waals surface area contributed by atoms with Crippen LogP contribution in [0, 0.1) is 0 Å². The molecule has 3 fully saturated rings. The molecule has 0 unspecified atom stereocenters. The van der Waals surface area contributed by atoms with Crippen molar-refractivity contribution in [2.75, 3.05) is 5.32 Å². The van der Waals surface area contributed by atoms with E-state index in [0.29, 0.717) is 24.4 Å². The Kier molecular flexibility index (Phi) is 9.36. The average molecular weight is 685 g/mol. The predicted molar refractivity (Wildman–Crippen MR) is 181 cm³/mol. The third-order valence-electron chi connectivity index (χ3n) is 8.42. The molecule has 3 saturated carbocycles. The van der Waals surface area contributed by atoms with E-state index in [2.05, 4.69) is 20.1 Å². The van der Waals surface area contributed by atoms with Gasteiger partial charge in [-0.15, -0.1) is 16.4 Å². The maximum atomic E-state index is 13.1. The van der Waals surface area contributed by atoms with E-state index in [1.165, 1.54) is 4.68 Å². The Morgan fingerprint density at radius 2 is 1.74 bits per heavy atom. The largest absolute Gasteiger partial charge is 0.447 e. The molecule has 2 aromatic heterocycles. The molecule has 2 aromatic rings. The van der Waals surface area contributed by atoms with Crippen molar-refractivity contribution in [2.24, 2.45) is 4.40 Å². The van der Waals surface area contributed by atoms with Crippen LogP contribution in [0.15, 0.2) is 34.5 Å². The lowest BCUT2D eigenvalue weighted by atomic mass is 9.86. The first-order valence-corrected chi connectivity index (χ1v) is 18.8. The highest BCUT2D eigenvalue weighted by molar-refractivity contribution is 7.91. The monoisotopic (exact) mass is 684 g/mol. The summed E-state index contributed by atoms with van der Waals surface area (Å²) in [4.78, 5) is 30.6. The summed E-state index contributed by atoms with van der Waals surface area (Å²) in [5.74, 6) is 1.01. The molecule has 2 heterocycles. The number of aromatic nitrogens is 3. The van der Waals surface area contributed by atoms with E-state index in [1.54, 1.807) is 11.3 Å². The molecule has 47 heavy (non-hydrogen) atoms. The van der Waals surface area contributed by atoms with Gasteiger partial charge in [0.1, 0.15) is 5.60 Å². The van der Waals surface area contributed by atoms with Crippen LogP contribution < -0.4 is 10.6 Å². The van der Waals surface area contributed by atoms with Gasteiger partial charge in [0, 0.05) is 47.8 Å². The summed E-state index contributed by atoms with van der Waals surface area (Å²) in [6.45, 7) is 9.12. The fourth-order valence-electron chi connectivity index (χ4n) is 5.84. The molecule has 0 saturated heterocycles. The van der Waals surface area contributed by atoms with Crippen LogP contribution in [0.4, 0.5) is 15.4 Å². The number of hydrogen-bond donors (Lipinski definition) is 2. The van der Waals surface area contributed by atoms with E-state index in [9.17, 15) is 18.0 Å². The lowest BCUT2D eigenvalue weighted by Crippen LogP contribution is -2.38. The molecule has 0 aromatic carbocycles. The highest BCUT2D eigenvalue weighted by atomic mass is 32.2. The molecule has 14 heteroatoms. The Balaban J connectivity index is 1.20. The van der Waals surface area contributed by atoms with E-state index in [4.69, 9.17) is 14.5 Å². The van der Waals surface area contributed by atoms with Crippen LogP contribution in [-0.2, 0) is 19.5 Å². The normalized spacial score (nSPS) is 22.9. The van der Waals surface area contributed by atoms with Crippen molar-refractivity contribution in [3.8, 4) is 0 Å². The molecule has 0 radical (unpaired) electrons. The summed E-state index contributed by atoms with van der Waals surface area (Å²) >= 11 is 1.57. The van der Waals surface area contributed by atoms with Gasteiger partial charge in [0.2, 0.25) is 0 Å². The van der Waals surface area contributed by atoms with Gasteiger partial charge < -0.3 is 20.1 Å². The van der Waals surface area contributed by atoms with Gasteiger partial charge in [-0.05, 0) is 98.1 Å². The number of thiazole rings is 1. The van der Waals surface area contributed by atoms with Gasteiger partial charge in [-0.25, -0.2) is 23.0 Å². The van der Waals surface area contributed by atoms with Crippen LogP contribution in [0.1, 0.15) is 120 Å². The van der Waals surface area contributed by atoms with Crippen molar-refractivity contribution in [1.29, 1.82) is 0 Å². The van der Waals surface area contributed by atoms with Crippen LogP contribution >= 0.6 is 11.3 Å². The van der Waals surface area contributed by atoms with E-state index < -0.39 is 27.0 Å². The lowest BCUT2D eigenvalue weighted by Gasteiger charge is -2.28. The standard InChI is InChI=1S/C33H44N6O6S2/c1-19(2)44-31(40)36-22-10-8-21(9-11-22)30-34-18-28(46-30)25-15-12-23(16-26(25)38-47(42,43)24-13-14-24)35-29-17-27(20-6-7-20)39(37-29)32(41)45-33(3,4)5/h12,15,17-22,24H,6-11,13-14,16H2,1-5H3,(H,35,37)(H,36,40)/t21-,22-. The highest BCUT2D eigenvalue weighted by Crippen LogP contribution is 2.42. The molecule has 6 rings (SSSR count). The Morgan fingerprint density at radius 1 is 1.04 bits per heavy atom. The van der Waals surface area contributed by atoms with Crippen molar-refractivity contribution in [3.05, 3.63) is 45.7 Å². The second kappa shape index (κ2) is 13.2. The summed E-state index contributed by atoms with van der Waals surface area (Å²) < 4.78 is 42.6. The fraction of sp³-hybridized carbons (Fsp3) is 0.606. The number of carbonyl (C=O) groups excluding carboxylic acids is 2. The van der Waals surface area contributed by atoms with Gasteiger partial charge in [-0.1, -0.05) is 0 Å². The first-order chi connectivity index (χ1) is 22.2. The van der Waals surface area contributed by atoms with E-state index >= 15 is 0 Å². The number of ether oxygens (including phenoxy) is 2. The number of hydrogen-bond acceptors (Lipinski definition) is 10. The molecule has 254 valence electrons. The van der Waals surface area contributed by atoms with Crippen molar-refractivity contribution in [1.82, 2.24) is 20.1 Å². The van der Waals surface area contributed by atoms with Crippen molar-refractivity contribution in [2.45, 2.75) is 127 Å². The number of alkyl carbamates (subject to hydrolysis) is 1. The maximum Gasteiger partial charge on any atom is 0.435 e. The minimum absolute atomic E-state index is 0.0799. The molecule has 0 aliphatic heterocycles. The molecule has 12 nitrogen and oxygen atoms in total. The molecule has 0 bridgehead atoms. The van der Waals surface area contributed by atoms with Gasteiger partial charge in [0.15, 0.2) is 5.82 Å². The second-order valence-electron chi connectivity index (χ2n) is 14.2. The van der Waals surface area contributed by atoms with Gasteiger partial charge in [-0.2, -0.15) is 9.08 Å². The summed E-state index contributed by atoms with van der Waals surface area (Å²) in [6, 6.07) is 1.95. The molecular formula is C33H44N6O6S2. The first kappa shape index (κ1) is 33.4. The number of rotatable bonds is 9. The first-order valence-electron chi connectivity index (χ1n) is 16.5. The van der Waals surface area contributed by atoms with Crippen LogP contribution in [0.3, 0.4) is 0 Å². The van der Waals surface area contributed by atoms with Gasteiger partial charge >= 0.3 is 12.2 Å². The third kappa shape index (κ3) is 8.50. The average Bonchev–Trinajstić information content (AvgIpc) is 3.91. The Morgan fingerprint density at radius 3 is 2.38 bits per heavy atom. The summed E-state index contributed by atoms with van der Waals surface area (Å²) in [5.41, 5.74) is 2.08. The van der Waals surface area contributed by atoms with Gasteiger partial charge in [-0.3, -0.25) is 0 Å². The number of amides is 1. The van der Waals surface area contributed by atoms with Gasteiger partial charge in [0.05, 0.1) is 32.6 Å². The topological polar surface area (TPSA) is 154 Å². The van der Waals surface area contributed by atoms with Gasteiger partial charge in [0.25, 0.3) is 10.0 Å². The van der Waals surface area contributed by atoms with Crippen LogP contribution in [0.25, 0.3) is 5.57 Å². The zero-order valence-corrected chi connectivity index (χ0v) is 29.2. The Hall–Kier alpha value is -3.52. The quantitative estimate of drug-likeness (QED) is 0.288. The van der Waals surface area contributed by atoms with E-state index in [1.807, 2.05) is 59.0 Å². The van der Waals surface area contributed by atoms with Crippen LogP contribution in [0.2, 0.25) is 0 Å². The van der Waals surface area contributed by atoms with Crippen LogP contribution in [-0.4, -0.2) is 64.1 Å². The Labute approximate surface area is 280 Å². The molecule has 0 spiro atoms. The number of nitrogens with one attached hydrogen (secondary N) is 2. The molecule has 2 N–H and O–H groups in total. The zero-order chi connectivity index (χ0) is 33.5. The third-order valence-corrected chi connectivity index (χ3v) is 11.4. The number of sulfonamides is 1. The van der Waals surface area contributed by atoms with Crippen LogP contribution in [0.5, 0.6) is 0 Å². The number of nitrogens with zero attached hydrogens (tertiary/aromatic N) is 4. The number of anilines is 1. The van der Waals surface area contributed by atoms with Crippen molar-refractivity contribution >= 4 is 50.6 Å². The predicted octanol–water partition coefficient (Wildman–Crippen LogP) is 6.88. The molecular weight excluding hydrogens is 641 g/mol. The summed E-state index contributed by atoms with van der Waals surface area (Å²) in [5, 5.41) is 11.4. The van der Waals surface area contributed by atoms with Crippen molar-refractivity contribution in [3.63, 3.8) is 0 Å². The number of allylic oxidation sites excluding steroid dienone is 4. The zero-order valence-electron chi connectivity index (χ0n) is 27.6. The molecule has 1 amide bonds. The van der Waals surface area contributed by atoms with E-state index in [0.717, 1.165) is 65.4 Å².